The number of Topliss-reactive ketones (excluding diaryl/α,β-unsaturated/α-hetero) is 1. The molecule has 1 saturated heterocycles. The molecular weight excluding hydrogens is 405 g/mol. The molecule has 3 atom stereocenters. The SMILES string of the molecule is COc1cccc([C@@H]2NC(=O)N[C@@](O)(C(F)(F)F)[C@H]2C(=O)c2ccccc2)c1OC. The first-order valence-corrected chi connectivity index (χ1v) is 8.82. The van der Waals surface area contributed by atoms with Crippen molar-refractivity contribution in [2.24, 2.45) is 5.92 Å². The number of benzene rings is 2. The molecule has 1 aliphatic heterocycles. The highest BCUT2D eigenvalue weighted by atomic mass is 19.4. The molecule has 1 heterocycles. The maximum Gasteiger partial charge on any atom is 0.437 e. The summed E-state index contributed by atoms with van der Waals surface area (Å²) >= 11 is 0. The van der Waals surface area contributed by atoms with Crippen LogP contribution in [0.15, 0.2) is 48.5 Å². The maximum absolute atomic E-state index is 13.9. The molecule has 0 radical (unpaired) electrons. The highest BCUT2D eigenvalue weighted by molar-refractivity contribution is 6.00. The summed E-state index contributed by atoms with van der Waals surface area (Å²) in [7, 11) is 2.61. The van der Waals surface area contributed by atoms with Gasteiger partial charge in [0.2, 0.25) is 5.72 Å². The van der Waals surface area contributed by atoms with Gasteiger partial charge < -0.3 is 25.2 Å². The number of ether oxygens (including phenoxy) is 2. The maximum atomic E-state index is 13.9. The summed E-state index contributed by atoms with van der Waals surface area (Å²) in [6.45, 7) is 0. The molecule has 0 aromatic heterocycles. The lowest BCUT2D eigenvalue weighted by atomic mass is 9.77. The van der Waals surface area contributed by atoms with Crippen LogP contribution in [0.3, 0.4) is 0 Å². The van der Waals surface area contributed by atoms with E-state index in [0.717, 1.165) is 0 Å². The zero-order valence-electron chi connectivity index (χ0n) is 16.0. The molecule has 3 N–H and O–H groups in total. The number of ketones is 1. The Morgan fingerprint density at radius 3 is 2.30 bits per heavy atom. The third-order valence-corrected chi connectivity index (χ3v) is 4.92. The summed E-state index contributed by atoms with van der Waals surface area (Å²) in [6.07, 6.45) is -5.34. The number of halogens is 3. The van der Waals surface area contributed by atoms with Crippen LogP contribution in [0.5, 0.6) is 11.5 Å². The van der Waals surface area contributed by atoms with E-state index < -0.39 is 35.7 Å². The quantitative estimate of drug-likeness (QED) is 0.642. The van der Waals surface area contributed by atoms with Crippen molar-refractivity contribution < 1.29 is 37.3 Å². The fraction of sp³-hybridized carbons (Fsp3) is 0.300. The molecule has 0 saturated carbocycles. The average Bonchev–Trinajstić information content (AvgIpc) is 2.71. The molecular formula is C20H19F3N2O5. The number of para-hydroxylation sites is 1. The van der Waals surface area contributed by atoms with Gasteiger partial charge in [-0.25, -0.2) is 4.79 Å². The van der Waals surface area contributed by atoms with Gasteiger partial charge in [0.15, 0.2) is 17.3 Å². The van der Waals surface area contributed by atoms with Gasteiger partial charge in [-0.15, -0.1) is 0 Å². The van der Waals surface area contributed by atoms with E-state index in [1.165, 1.54) is 62.0 Å². The molecule has 0 aliphatic carbocycles. The van der Waals surface area contributed by atoms with Gasteiger partial charge in [-0.05, 0) is 6.07 Å². The topological polar surface area (TPSA) is 96.9 Å². The van der Waals surface area contributed by atoms with Crippen LogP contribution in [0.4, 0.5) is 18.0 Å². The normalized spacial score (nSPS) is 23.9. The highest BCUT2D eigenvalue weighted by Crippen LogP contribution is 2.47. The number of carbonyl (C=O) groups is 2. The van der Waals surface area contributed by atoms with Crippen molar-refractivity contribution in [1.82, 2.24) is 10.6 Å². The summed E-state index contributed by atoms with van der Waals surface area (Å²) in [6, 6.07) is 8.73. The molecule has 3 rings (SSSR count). The Morgan fingerprint density at radius 2 is 1.73 bits per heavy atom. The van der Waals surface area contributed by atoms with Crippen molar-refractivity contribution in [3.63, 3.8) is 0 Å². The molecule has 0 spiro atoms. The van der Waals surface area contributed by atoms with E-state index in [-0.39, 0.29) is 22.6 Å². The largest absolute Gasteiger partial charge is 0.493 e. The van der Waals surface area contributed by atoms with Gasteiger partial charge in [-0.1, -0.05) is 42.5 Å². The second kappa shape index (κ2) is 7.86. The molecule has 7 nitrogen and oxygen atoms in total. The van der Waals surface area contributed by atoms with Crippen LogP contribution in [-0.4, -0.2) is 43.0 Å². The number of carbonyl (C=O) groups excluding carboxylic acids is 2. The van der Waals surface area contributed by atoms with E-state index in [1.807, 2.05) is 0 Å². The first kappa shape index (κ1) is 21.4. The van der Waals surface area contributed by atoms with Crippen LogP contribution in [0.2, 0.25) is 0 Å². The monoisotopic (exact) mass is 424 g/mol. The summed E-state index contributed by atoms with van der Waals surface area (Å²) < 4.78 is 52.3. The van der Waals surface area contributed by atoms with Crippen molar-refractivity contribution in [2.75, 3.05) is 14.2 Å². The molecule has 2 amide bonds. The van der Waals surface area contributed by atoms with Crippen LogP contribution in [0.1, 0.15) is 22.0 Å². The first-order valence-electron chi connectivity index (χ1n) is 8.82. The van der Waals surface area contributed by atoms with Gasteiger partial charge in [0.1, 0.15) is 5.92 Å². The molecule has 30 heavy (non-hydrogen) atoms. The van der Waals surface area contributed by atoms with Gasteiger partial charge in [0.05, 0.1) is 20.3 Å². The average molecular weight is 424 g/mol. The number of aliphatic hydroxyl groups is 1. The molecule has 2 aromatic rings. The minimum absolute atomic E-state index is 0.0302. The number of amides is 2. The number of alkyl halides is 3. The predicted octanol–water partition coefficient (Wildman–Crippen LogP) is 2.81. The third-order valence-electron chi connectivity index (χ3n) is 4.92. The number of hydrogen-bond donors (Lipinski definition) is 3. The second-order valence-electron chi connectivity index (χ2n) is 6.63. The lowest BCUT2D eigenvalue weighted by Crippen LogP contribution is -2.72. The molecule has 1 aliphatic rings. The fourth-order valence-electron chi connectivity index (χ4n) is 3.54. The van der Waals surface area contributed by atoms with Crippen LogP contribution in [0, 0.1) is 5.92 Å². The van der Waals surface area contributed by atoms with Gasteiger partial charge in [-0.2, -0.15) is 13.2 Å². The number of rotatable bonds is 5. The molecule has 0 bridgehead atoms. The molecule has 0 unspecified atom stereocenters. The molecule has 2 aromatic carbocycles. The van der Waals surface area contributed by atoms with Crippen molar-refractivity contribution in [3.05, 3.63) is 59.7 Å². The van der Waals surface area contributed by atoms with E-state index in [4.69, 9.17) is 9.47 Å². The number of nitrogens with one attached hydrogen (secondary N) is 2. The van der Waals surface area contributed by atoms with Gasteiger partial charge >= 0.3 is 12.2 Å². The van der Waals surface area contributed by atoms with Crippen LogP contribution >= 0.6 is 0 Å². The van der Waals surface area contributed by atoms with E-state index >= 15 is 0 Å². The van der Waals surface area contributed by atoms with Gasteiger partial charge in [0.25, 0.3) is 0 Å². The Morgan fingerprint density at radius 1 is 1.07 bits per heavy atom. The molecule has 160 valence electrons. The Bertz CT molecular complexity index is 951. The number of urea groups is 1. The fourth-order valence-corrected chi connectivity index (χ4v) is 3.54. The highest BCUT2D eigenvalue weighted by Gasteiger charge is 2.66. The van der Waals surface area contributed by atoms with E-state index in [1.54, 1.807) is 6.07 Å². The minimum atomic E-state index is -5.34. The Balaban J connectivity index is 2.24. The van der Waals surface area contributed by atoms with Crippen LogP contribution < -0.4 is 20.1 Å². The number of methoxy groups -OCH3 is 2. The van der Waals surface area contributed by atoms with Crippen molar-refractivity contribution in [2.45, 2.75) is 17.9 Å². The lowest BCUT2D eigenvalue weighted by molar-refractivity contribution is -0.287. The molecule has 10 heteroatoms. The Hall–Kier alpha value is -3.27. The minimum Gasteiger partial charge on any atom is -0.493 e. The Kier molecular flexibility index (Phi) is 5.62. The standard InChI is InChI=1S/C20H19F3N2O5/c1-29-13-10-6-9-12(17(13)30-2)15-14(16(26)11-7-4-3-5-8-11)19(28,20(21,22)23)25-18(27)24-15/h3-10,14-15,28H,1-2H3,(H2,24,25,27)/t14-,15+,19+/m1/s1. The summed E-state index contributed by atoms with van der Waals surface area (Å²) in [5, 5.41) is 14.4. The van der Waals surface area contributed by atoms with Crippen molar-refractivity contribution in [3.8, 4) is 11.5 Å². The zero-order chi connectivity index (χ0) is 22.1. The van der Waals surface area contributed by atoms with Gasteiger partial charge in [0, 0.05) is 11.1 Å². The third kappa shape index (κ3) is 3.54. The van der Waals surface area contributed by atoms with E-state index in [2.05, 4.69) is 5.32 Å². The van der Waals surface area contributed by atoms with Crippen LogP contribution in [-0.2, 0) is 0 Å². The smallest absolute Gasteiger partial charge is 0.437 e. The summed E-state index contributed by atoms with van der Waals surface area (Å²) in [5.41, 5.74) is -3.83. The lowest BCUT2D eigenvalue weighted by Gasteiger charge is -2.45. The van der Waals surface area contributed by atoms with E-state index in [0.29, 0.717) is 0 Å². The van der Waals surface area contributed by atoms with Crippen LogP contribution in [0.25, 0.3) is 0 Å². The zero-order valence-corrected chi connectivity index (χ0v) is 16.0. The molecule has 1 fully saturated rings. The van der Waals surface area contributed by atoms with Crippen molar-refractivity contribution >= 4 is 11.8 Å². The first-order chi connectivity index (χ1) is 14.1. The number of hydrogen-bond acceptors (Lipinski definition) is 5. The van der Waals surface area contributed by atoms with Gasteiger partial charge in [-0.3, -0.25) is 4.79 Å². The predicted molar refractivity (Wildman–Crippen MR) is 99.2 cm³/mol. The summed E-state index contributed by atoms with van der Waals surface area (Å²) in [4.78, 5) is 25.3. The summed E-state index contributed by atoms with van der Waals surface area (Å²) in [5.74, 6) is -2.96. The van der Waals surface area contributed by atoms with Crippen molar-refractivity contribution in [1.29, 1.82) is 0 Å². The van der Waals surface area contributed by atoms with E-state index in [9.17, 15) is 27.9 Å². The second-order valence-corrected chi connectivity index (χ2v) is 6.63. The Labute approximate surface area is 169 Å².